The lowest BCUT2D eigenvalue weighted by molar-refractivity contribution is -0.0642. The van der Waals surface area contributed by atoms with Crippen molar-refractivity contribution in [3.05, 3.63) is 60.7 Å². The van der Waals surface area contributed by atoms with Gasteiger partial charge in [0.05, 0.1) is 25.4 Å². The molecule has 0 fully saturated rings. The smallest absolute Gasteiger partial charge is 0.192 e. The summed E-state index contributed by atoms with van der Waals surface area (Å²) in [5.41, 5.74) is 1.17. The monoisotopic (exact) mass is 446 g/mol. The quantitative estimate of drug-likeness (QED) is 0.262. The fourth-order valence-electron chi connectivity index (χ4n) is 3.78. The van der Waals surface area contributed by atoms with Crippen molar-refractivity contribution >= 4 is 8.32 Å². The second-order valence-corrected chi connectivity index (χ2v) is 15.2. The van der Waals surface area contributed by atoms with Gasteiger partial charge in [-0.3, -0.25) is 0 Å². The lowest BCUT2D eigenvalue weighted by atomic mass is 9.83. The van der Waals surface area contributed by atoms with Crippen molar-refractivity contribution in [1.29, 1.82) is 0 Å². The number of hydrogen-bond donors (Lipinski definition) is 1. The molecule has 5 atom stereocenters. The molecule has 0 amide bonds. The van der Waals surface area contributed by atoms with Gasteiger partial charge in [-0.05, 0) is 36.0 Å². The second-order valence-electron chi connectivity index (χ2n) is 10.4. The molecular formula is C27H46O3Si. The van der Waals surface area contributed by atoms with E-state index in [-0.39, 0.29) is 35.7 Å². The van der Waals surface area contributed by atoms with E-state index in [0.717, 1.165) is 6.42 Å². The normalized spacial score (nSPS) is 17.8. The highest BCUT2D eigenvalue weighted by Crippen LogP contribution is 2.40. The van der Waals surface area contributed by atoms with Gasteiger partial charge in [-0.2, -0.15) is 0 Å². The third-order valence-corrected chi connectivity index (χ3v) is 11.2. The van der Waals surface area contributed by atoms with Crippen LogP contribution in [-0.4, -0.2) is 32.2 Å². The zero-order valence-electron chi connectivity index (χ0n) is 21.1. The van der Waals surface area contributed by atoms with E-state index in [4.69, 9.17) is 9.16 Å². The van der Waals surface area contributed by atoms with Crippen LogP contribution in [0.3, 0.4) is 0 Å². The maximum Gasteiger partial charge on any atom is 0.192 e. The zero-order valence-corrected chi connectivity index (χ0v) is 22.1. The molecule has 0 bridgehead atoms. The third-order valence-electron chi connectivity index (χ3n) is 6.72. The lowest BCUT2D eigenvalue weighted by Crippen LogP contribution is -2.50. The Hall–Kier alpha value is -1.20. The minimum Gasteiger partial charge on any atom is -0.413 e. The van der Waals surface area contributed by atoms with E-state index in [1.54, 1.807) is 0 Å². The van der Waals surface area contributed by atoms with Crippen LogP contribution in [0.15, 0.2) is 55.1 Å². The average molecular weight is 447 g/mol. The number of aliphatic hydroxyl groups is 1. The SMILES string of the molecule is C=CC[C@H](C)[C@@H](O[Si](C)(C)C(C)(C)C)[C@H](C)[C@H](OCc1ccccc1)[C@H](C)/C=C/CO. The first-order valence-corrected chi connectivity index (χ1v) is 14.6. The number of benzene rings is 1. The molecule has 0 aliphatic carbocycles. The van der Waals surface area contributed by atoms with E-state index >= 15 is 0 Å². The number of rotatable bonds is 13. The number of allylic oxidation sites excluding steroid dienone is 1. The summed E-state index contributed by atoms with van der Waals surface area (Å²) in [5.74, 6) is 0.692. The molecular weight excluding hydrogens is 400 g/mol. The van der Waals surface area contributed by atoms with Crippen LogP contribution in [-0.2, 0) is 15.8 Å². The Labute approximate surface area is 192 Å². The van der Waals surface area contributed by atoms with Gasteiger partial charge in [-0.25, -0.2) is 0 Å². The molecule has 0 heterocycles. The first-order valence-electron chi connectivity index (χ1n) is 11.7. The summed E-state index contributed by atoms with van der Waals surface area (Å²) in [6, 6.07) is 10.3. The van der Waals surface area contributed by atoms with Gasteiger partial charge in [-0.1, -0.05) is 90.1 Å². The van der Waals surface area contributed by atoms with E-state index in [1.165, 1.54) is 5.56 Å². The van der Waals surface area contributed by atoms with Gasteiger partial charge in [-0.15, -0.1) is 6.58 Å². The molecule has 176 valence electrons. The molecule has 0 radical (unpaired) electrons. The third kappa shape index (κ3) is 8.68. The summed E-state index contributed by atoms with van der Waals surface area (Å²) in [6.45, 7) is 22.8. The van der Waals surface area contributed by atoms with Crippen LogP contribution in [0.2, 0.25) is 18.1 Å². The molecule has 3 nitrogen and oxygen atoms in total. The largest absolute Gasteiger partial charge is 0.413 e. The Morgan fingerprint density at radius 2 is 1.68 bits per heavy atom. The Bertz CT molecular complexity index is 663. The van der Waals surface area contributed by atoms with E-state index in [9.17, 15) is 5.11 Å². The van der Waals surface area contributed by atoms with Crippen molar-refractivity contribution in [2.24, 2.45) is 17.8 Å². The summed E-state index contributed by atoms with van der Waals surface area (Å²) in [4.78, 5) is 0. The van der Waals surface area contributed by atoms with Crippen LogP contribution < -0.4 is 0 Å². The van der Waals surface area contributed by atoms with Crippen molar-refractivity contribution in [3.8, 4) is 0 Å². The lowest BCUT2D eigenvalue weighted by Gasteiger charge is -2.45. The van der Waals surface area contributed by atoms with Crippen molar-refractivity contribution in [1.82, 2.24) is 0 Å². The summed E-state index contributed by atoms with van der Waals surface area (Å²) in [5, 5.41) is 9.44. The Morgan fingerprint density at radius 3 is 2.19 bits per heavy atom. The first kappa shape index (κ1) is 27.8. The number of hydrogen-bond acceptors (Lipinski definition) is 3. The molecule has 1 N–H and O–H groups in total. The summed E-state index contributed by atoms with van der Waals surface area (Å²) < 4.78 is 13.5. The first-order chi connectivity index (χ1) is 14.4. The van der Waals surface area contributed by atoms with Gasteiger partial charge in [0.2, 0.25) is 0 Å². The van der Waals surface area contributed by atoms with E-state index in [0.29, 0.717) is 12.5 Å². The predicted octanol–water partition coefficient (Wildman–Crippen LogP) is 7.00. The van der Waals surface area contributed by atoms with Crippen molar-refractivity contribution < 1.29 is 14.3 Å². The minimum absolute atomic E-state index is 0.0231. The van der Waals surface area contributed by atoms with Crippen molar-refractivity contribution in [2.75, 3.05) is 6.61 Å². The topological polar surface area (TPSA) is 38.7 Å². The standard InChI is InChI=1S/C27H46O3Si/c1-10-15-21(2)26(30-31(8,9)27(5,6)7)23(4)25(22(3)16-14-19-28)29-20-24-17-12-11-13-18-24/h10-14,16-18,21-23,25-26,28H,1,15,19-20H2,2-9H3/b16-14+/t21-,22+,23+,25+,26+/m0/s1. The van der Waals surface area contributed by atoms with E-state index in [2.05, 4.69) is 79.4 Å². The van der Waals surface area contributed by atoms with Gasteiger partial charge >= 0.3 is 0 Å². The van der Waals surface area contributed by atoms with Crippen molar-refractivity contribution in [2.45, 2.75) is 84.9 Å². The molecule has 0 spiro atoms. The zero-order chi connectivity index (χ0) is 23.7. The van der Waals surface area contributed by atoms with Crippen LogP contribution in [0.5, 0.6) is 0 Å². The van der Waals surface area contributed by atoms with Gasteiger partial charge in [0.15, 0.2) is 8.32 Å². The summed E-state index contributed by atoms with van der Waals surface area (Å²) >= 11 is 0. The van der Waals surface area contributed by atoms with Crippen LogP contribution >= 0.6 is 0 Å². The fourth-order valence-corrected chi connectivity index (χ4v) is 5.26. The maximum absolute atomic E-state index is 9.30. The molecule has 0 aliphatic rings. The Kier molecular flexibility index (Phi) is 11.4. The number of ether oxygens (including phenoxy) is 1. The molecule has 0 aromatic heterocycles. The average Bonchev–Trinajstić information content (AvgIpc) is 2.70. The van der Waals surface area contributed by atoms with Crippen molar-refractivity contribution in [3.63, 3.8) is 0 Å². The fraction of sp³-hybridized carbons (Fsp3) is 0.630. The van der Waals surface area contributed by atoms with Crippen LogP contribution in [0.4, 0.5) is 0 Å². The van der Waals surface area contributed by atoms with E-state index < -0.39 is 8.32 Å². The molecule has 0 saturated heterocycles. The molecule has 1 aromatic rings. The molecule has 4 heteroatoms. The highest BCUT2D eigenvalue weighted by molar-refractivity contribution is 6.74. The Morgan fingerprint density at radius 1 is 1.06 bits per heavy atom. The maximum atomic E-state index is 9.30. The van der Waals surface area contributed by atoms with Gasteiger partial charge in [0.1, 0.15) is 0 Å². The van der Waals surface area contributed by atoms with E-state index in [1.807, 2.05) is 30.4 Å². The van der Waals surface area contributed by atoms with Crippen LogP contribution in [0.25, 0.3) is 0 Å². The molecule has 0 unspecified atom stereocenters. The number of aliphatic hydroxyl groups excluding tert-OH is 1. The van der Waals surface area contributed by atoms with Gasteiger partial charge < -0.3 is 14.3 Å². The predicted molar refractivity (Wildman–Crippen MR) is 136 cm³/mol. The second kappa shape index (κ2) is 12.7. The highest BCUT2D eigenvalue weighted by atomic mass is 28.4. The summed E-state index contributed by atoms with van der Waals surface area (Å²) in [6.07, 6.45) is 6.83. The minimum atomic E-state index is -1.96. The Balaban J connectivity index is 3.20. The molecule has 0 aliphatic heterocycles. The van der Waals surface area contributed by atoms with Gasteiger partial charge in [0, 0.05) is 11.8 Å². The van der Waals surface area contributed by atoms with Gasteiger partial charge in [0.25, 0.3) is 0 Å². The van der Waals surface area contributed by atoms with Crippen LogP contribution in [0, 0.1) is 17.8 Å². The highest BCUT2D eigenvalue weighted by Gasteiger charge is 2.43. The molecule has 0 saturated carbocycles. The molecule has 31 heavy (non-hydrogen) atoms. The molecule has 1 rings (SSSR count). The summed E-state index contributed by atoms with van der Waals surface area (Å²) in [7, 11) is -1.96. The van der Waals surface area contributed by atoms with Crippen LogP contribution in [0.1, 0.15) is 53.5 Å². The molecule has 1 aromatic carbocycles.